The quantitative estimate of drug-likeness (QED) is 0.787. The molecule has 0 aliphatic heterocycles. The molecule has 0 fully saturated rings. The van der Waals surface area contributed by atoms with Crippen molar-refractivity contribution in [3.05, 3.63) is 34.8 Å². The van der Waals surface area contributed by atoms with Gasteiger partial charge >= 0.3 is 0 Å². The lowest BCUT2D eigenvalue weighted by molar-refractivity contribution is 0.967. The Morgan fingerprint density at radius 1 is 1.16 bits per heavy atom. The second-order valence-electron chi connectivity index (χ2n) is 4.06. The summed E-state index contributed by atoms with van der Waals surface area (Å²) in [6, 6.07) is 9.68. The van der Waals surface area contributed by atoms with Crippen molar-refractivity contribution < 1.29 is 0 Å². The van der Waals surface area contributed by atoms with Crippen molar-refractivity contribution in [2.45, 2.75) is 13.3 Å². The van der Waals surface area contributed by atoms with E-state index in [1.807, 2.05) is 30.3 Å². The first kappa shape index (κ1) is 13.6. The topological polar surface area (TPSA) is 75.9 Å². The number of halogens is 1. The van der Waals surface area contributed by atoms with Crippen LogP contribution < -0.4 is 16.4 Å². The van der Waals surface area contributed by atoms with E-state index < -0.39 is 0 Å². The number of hydrogen-bond acceptors (Lipinski definition) is 5. The molecule has 0 unspecified atom stereocenters. The average Bonchev–Trinajstić information content (AvgIpc) is 2.38. The number of nitrogens with one attached hydrogen (secondary N) is 2. The summed E-state index contributed by atoms with van der Waals surface area (Å²) in [6.45, 7) is 2.95. The van der Waals surface area contributed by atoms with Gasteiger partial charge in [0.15, 0.2) is 0 Å². The van der Waals surface area contributed by atoms with Crippen molar-refractivity contribution in [1.82, 2.24) is 9.97 Å². The molecule has 5 nitrogen and oxygen atoms in total. The molecule has 2 aromatic rings. The third kappa shape index (κ3) is 4.10. The summed E-state index contributed by atoms with van der Waals surface area (Å²) >= 11 is 3.40. The van der Waals surface area contributed by atoms with Crippen molar-refractivity contribution in [2.75, 3.05) is 22.9 Å². The third-order valence-electron chi connectivity index (χ3n) is 2.42. The van der Waals surface area contributed by atoms with Gasteiger partial charge in [0, 0.05) is 22.8 Å². The summed E-state index contributed by atoms with van der Waals surface area (Å²) < 4.78 is 1.03. The van der Waals surface area contributed by atoms with Crippen molar-refractivity contribution >= 4 is 39.2 Å². The standard InChI is InChI=1S/C13H16BrN5/c1-2-7-16-11-8-12(19-13(15)18-11)17-10-5-3-9(14)4-6-10/h3-6,8H,2,7H2,1H3,(H4,15,16,17,18,19). The van der Waals surface area contributed by atoms with Crippen LogP contribution in [0.5, 0.6) is 0 Å². The van der Waals surface area contributed by atoms with Crippen LogP contribution in [0.3, 0.4) is 0 Å². The second-order valence-corrected chi connectivity index (χ2v) is 4.97. The highest BCUT2D eigenvalue weighted by atomic mass is 79.9. The highest BCUT2D eigenvalue weighted by molar-refractivity contribution is 9.10. The van der Waals surface area contributed by atoms with E-state index in [0.717, 1.165) is 28.9 Å². The Morgan fingerprint density at radius 2 is 1.84 bits per heavy atom. The molecular formula is C13H16BrN5. The molecule has 0 radical (unpaired) electrons. The fraction of sp³-hybridized carbons (Fsp3) is 0.231. The number of rotatable bonds is 5. The predicted molar refractivity (Wildman–Crippen MR) is 82.6 cm³/mol. The van der Waals surface area contributed by atoms with Crippen molar-refractivity contribution in [1.29, 1.82) is 0 Å². The Hall–Kier alpha value is -1.82. The molecule has 1 heterocycles. The van der Waals surface area contributed by atoms with Gasteiger partial charge in [-0.1, -0.05) is 22.9 Å². The van der Waals surface area contributed by atoms with Gasteiger partial charge in [-0.3, -0.25) is 0 Å². The van der Waals surface area contributed by atoms with Crippen molar-refractivity contribution in [3.63, 3.8) is 0 Å². The first-order valence-electron chi connectivity index (χ1n) is 6.08. The van der Waals surface area contributed by atoms with Crippen LogP contribution in [0.1, 0.15) is 13.3 Å². The lowest BCUT2D eigenvalue weighted by atomic mass is 10.3. The molecule has 0 amide bonds. The molecule has 0 bridgehead atoms. The maximum absolute atomic E-state index is 5.70. The molecule has 1 aromatic heterocycles. The SMILES string of the molecule is CCCNc1cc(Nc2ccc(Br)cc2)nc(N)n1. The molecule has 0 aliphatic carbocycles. The number of anilines is 4. The van der Waals surface area contributed by atoms with Crippen LogP contribution in [0.15, 0.2) is 34.8 Å². The summed E-state index contributed by atoms with van der Waals surface area (Å²) in [5.74, 6) is 1.66. The van der Waals surface area contributed by atoms with Crippen LogP contribution in [-0.2, 0) is 0 Å². The zero-order valence-corrected chi connectivity index (χ0v) is 12.2. The third-order valence-corrected chi connectivity index (χ3v) is 2.94. The van der Waals surface area contributed by atoms with Gasteiger partial charge in [0.2, 0.25) is 5.95 Å². The van der Waals surface area contributed by atoms with Gasteiger partial charge in [-0.25, -0.2) is 0 Å². The van der Waals surface area contributed by atoms with E-state index in [-0.39, 0.29) is 5.95 Å². The average molecular weight is 322 g/mol. The number of benzene rings is 1. The maximum Gasteiger partial charge on any atom is 0.223 e. The van der Waals surface area contributed by atoms with Gasteiger partial charge in [0.25, 0.3) is 0 Å². The van der Waals surface area contributed by atoms with E-state index >= 15 is 0 Å². The first-order chi connectivity index (χ1) is 9.17. The molecule has 2 rings (SSSR count). The molecule has 1 aromatic carbocycles. The fourth-order valence-corrected chi connectivity index (χ4v) is 1.82. The molecule has 100 valence electrons. The van der Waals surface area contributed by atoms with Gasteiger partial charge in [-0.2, -0.15) is 9.97 Å². The van der Waals surface area contributed by atoms with Gasteiger partial charge in [-0.15, -0.1) is 0 Å². The Balaban J connectivity index is 2.15. The normalized spacial score (nSPS) is 10.2. The summed E-state index contributed by atoms with van der Waals surface area (Å²) in [5.41, 5.74) is 6.65. The summed E-state index contributed by atoms with van der Waals surface area (Å²) in [4.78, 5) is 8.30. The monoisotopic (exact) mass is 321 g/mol. The summed E-state index contributed by atoms with van der Waals surface area (Å²) in [5, 5.41) is 6.39. The number of nitrogens with two attached hydrogens (primary N) is 1. The molecule has 19 heavy (non-hydrogen) atoms. The second kappa shape index (κ2) is 6.38. The van der Waals surface area contributed by atoms with E-state index in [2.05, 4.69) is 43.5 Å². The molecule has 0 saturated carbocycles. The Kier molecular flexibility index (Phi) is 4.57. The van der Waals surface area contributed by atoms with Gasteiger partial charge in [0.05, 0.1) is 0 Å². The van der Waals surface area contributed by atoms with E-state index in [1.54, 1.807) is 0 Å². The van der Waals surface area contributed by atoms with Gasteiger partial charge in [0.1, 0.15) is 11.6 Å². The van der Waals surface area contributed by atoms with Crippen LogP contribution in [0.2, 0.25) is 0 Å². The Morgan fingerprint density at radius 3 is 2.53 bits per heavy atom. The number of hydrogen-bond donors (Lipinski definition) is 3. The largest absolute Gasteiger partial charge is 0.370 e. The highest BCUT2D eigenvalue weighted by Crippen LogP contribution is 2.20. The van der Waals surface area contributed by atoms with Crippen LogP contribution in [0.4, 0.5) is 23.3 Å². The van der Waals surface area contributed by atoms with E-state index in [4.69, 9.17) is 5.73 Å². The number of aromatic nitrogens is 2. The maximum atomic E-state index is 5.70. The summed E-state index contributed by atoms with van der Waals surface area (Å²) in [7, 11) is 0. The number of nitrogen functional groups attached to an aromatic ring is 1. The minimum Gasteiger partial charge on any atom is -0.370 e. The van der Waals surface area contributed by atoms with Crippen molar-refractivity contribution in [3.8, 4) is 0 Å². The van der Waals surface area contributed by atoms with Crippen LogP contribution in [0, 0.1) is 0 Å². The van der Waals surface area contributed by atoms with E-state index in [9.17, 15) is 0 Å². The van der Waals surface area contributed by atoms with Crippen LogP contribution in [-0.4, -0.2) is 16.5 Å². The Labute approximate surface area is 120 Å². The minimum atomic E-state index is 0.251. The smallest absolute Gasteiger partial charge is 0.223 e. The lowest BCUT2D eigenvalue weighted by Crippen LogP contribution is -2.06. The molecule has 4 N–H and O–H groups in total. The molecule has 6 heteroatoms. The van der Waals surface area contributed by atoms with Gasteiger partial charge in [-0.05, 0) is 30.7 Å². The molecule has 0 atom stereocenters. The van der Waals surface area contributed by atoms with Crippen LogP contribution >= 0.6 is 15.9 Å². The number of nitrogens with zero attached hydrogens (tertiary/aromatic N) is 2. The molecule has 0 saturated heterocycles. The molecular weight excluding hydrogens is 306 g/mol. The minimum absolute atomic E-state index is 0.251. The molecule has 0 spiro atoms. The van der Waals surface area contributed by atoms with Crippen LogP contribution in [0.25, 0.3) is 0 Å². The molecule has 0 aliphatic rings. The van der Waals surface area contributed by atoms with E-state index in [1.165, 1.54) is 0 Å². The van der Waals surface area contributed by atoms with Gasteiger partial charge < -0.3 is 16.4 Å². The Bertz CT molecular complexity index is 541. The fourth-order valence-electron chi connectivity index (χ4n) is 1.55. The lowest BCUT2D eigenvalue weighted by Gasteiger charge is -2.09. The van der Waals surface area contributed by atoms with Crippen molar-refractivity contribution in [2.24, 2.45) is 0 Å². The zero-order chi connectivity index (χ0) is 13.7. The zero-order valence-electron chi connectivity index (χ0n) is 10.7. The van der Waals surface area contributed by atoms with E-state index in [0.29, 0.717) is 5.82 Å². The predicted octanol–water partition coefficient (Wildman–Crippen LogP) is 3.39. The summed E-state index contributed by atoms with van der Waals surface area (Å²) in [6.07, 6.45) is 1.03. The highest BCUT2D eigenvalue weighted by Gasteiger charge is 2.02. The first-order valence-corrected chi connectivity index (χ1v) is 6.87.